The lowest BCUT2D eigenvalue weighted by Gasteiger charge is -2.15. The van der Waals surface area contributed by atoms with Gasteiger partial charge in [-0.3, -0.25) is 4.79 Å². The molecule has 4 heteroatoms. The predicted octanol–water partition coefficient (Wildman–Crippen LogP) is -0.0700. The fraction of sp³-hybridized carbons (Fsp3) is 0.778. The minimum Gasteiger partial charge on any atom is -0.467 e. The molecule has 0 spiro atoms. The summed E-state index contributed by atoms with van der Waals surface area (Å²) < 4.78 is 4.62. The summed E-state index contributed by atoms with van der Waals surface area (Å²) in [6.45, 7) is 4.02. The molecule has 0 aromatic heterocycles. The van der Waals surface area contributed by atoms with Crippen LogP contribution in [0, 0.1) is 17.3 Å². The number of hydrogen-bond acceptors (Lipinski definition) is 3. The summed E-state index contributed by atoms with van der Waals surface area (Å²) in [5.41, 5.74) is -0.0266. The number of piperidine rings is 1. The summed E-state index contributed by atoms with van der Waals surface area (Å²) in [7, 11) is 1.34. The van der Waals surface area contributed by atoms with Crippen LogP contribution in [0.2, 0.25) is 0 Å². The molecule has 72 valence electrons. The van der Waals surface area contributed by atoms with E-state index >= 15 is 0 Å². The molecule has 1 aliphatic carbocycles. The quantitative estimate of drug-likeness (QED) is 0.579. The number of carbonyl (C=O) groups is 2. The van der Waals surface area contributed by atoms with Gasteiger partial charge in [0.1, 0.15) is 6.04 Å². The van der Waals surface area contributed by atoms with Crippen LogP contribution in [-0.4, -0.2) is 25.0 Å². The third-order valence-electron chi connectivity index (χ3n) is 3.31. The number of carbonyl (C=O) groups excluding carboxylic acids is 2. The average Bonchev–Trinajstić information content (AvgIpc) is 2.44. The van der Waals surface area contributed by atoms with Crippen molar-refractivity contribution in [2.75, 3.05) is 7.11 Å². The van der Waals surface area contributed by atoms with E-state index in [1.165, 1.54) is 7.11 Å². The monoisotopic (exact) mass is 183 g/mol. The standard InChI is InChI=1S/C9H13NO3/c1-9(2)4-5(9)7(11)10-6(4)8(12)13-3/h4-6H,1-3H3,(H,10,11)/t4?,5?,6-/m0/s1. The van der Waals surface area contributed by atoms with Crippen molar-refractivity contribution < 1.29 is 14.3 Å². The number of nitrogens with one attached hydrogen (secondary N) is 1. The summed E-state index contributed by atoms with van der Waals surface area (Å²) in [5.74, 6) is -0.194. The largest absolute Gasteiger partial charge is 0.467 e. The van der Waals surface area contributed by atoms with Gasteiger partial charge in [-0.05, 0) is 5.41 Å². The molecule has 0 radical (unpaired) electrons. The molecule has 1 heterocycles. The van der Waals surface area contributed by atoms with Gasteiger partial charge in [0.15, 0.2) is 0 Å². The van der Waals surface area contributed by atoms with Crippen molar-refractivity contribution >= 4 is 11.9 Å². The second kappa shape index (κ2) is 2.25. The van der Waals surface area contributed by atoms with Crippen molar-refractivity contribution in [3.05, 3.63) is 0 Å². The molecule has 2 unspecified atom stereocenters. The van der Waals surface area contributed by atoms with Gasteiger partial charge in [0.2, 0.25) is 5.91 Å². The Hall–Kier alpha value is -1.06. The van der Waals surface area contributed by atoms with Crippen molar-refractivity contribution in [1.29, 1.82) is 0 Å². The van der Waals surface area contributed by atoms with Crippen molar-refractivity contribution in [2.45, 2.75) is 19.9 Å². The van der Waals surface area contributed by atoms with Gasteiger partial charge < -0.3 is 10.1 Å². The molecule has 3 atom stereocenters. The van der Waals surface area contributed by atoms with E-state index in [0.29, 0.717) is 0 Å². The highest BCUT2D eigenvalue weighted by Crippen LogP contribution is 2.62. The zero-order valence-corrected chi connectivity index (χ0v) is 7.96. The number of amides is 1. The average molecular weight is 183 g/mol. The van der Waals surface area contributed by atoms with E-state index in [9.17, 15) is 9.59 Å². The number of ether oxygens (including phenoxy) is 1. The topological polar surface area (TPSA) is 55.4 Å². The lowest BCUT2D eigenvalue weighted by atomic mass is 10.0. The highest BCUT2D eigenvalue weighted by molar-refractivity contribution is 5.94. The second-order valence-corrected chi connectivity index (χ2v) is 4.33. The molecule has 1 aliphatic heterocycles. The molecule has 0 aromatic rings. The minimum absolute atomic E-state index is 0.00889. The van der Waals surface area contributed by atoms with Crippen LogP contribution >= 0.6 is 0 Å². The van der Waals surface area contributed by atoms with E-state index < -0.39 is 6.04 Å². The highest BCUT2D eigenvalue weighted by Gasteiger charge is 2.70. The van der Waals surface area contributed by atoms with Gasteiger partial charge in [0.05, 0.1) is 7.11 Å². The van der Waals surface area contributed by atoms with Gasteiger partial charge in [0.25, 0.3) is 0 Å². The summed E-state index contributed by atoms with van der Waals surface area (Å²) in [4.78, 5) is 22.6. The molecule has 0 aromatic carbocycles. The van der Waals surface area contributed by atoms with Crippen molar-refractivity contribution in [3.8, 4) is 0 Å². The molecule has 1 amide bonds. The maximum absolute atomic E-state index is 11.3. The highest BCUT2D eigenvalue weighted by atomic mass is 16.5. The van der Waals surface area contributed by atoms with Crippen molar-refractivity contribution in [2.24, 2.45) is 17.3 Å². The van der Waals surface area contributed by atoms with Gasteiger partial charge >= 0.3 is 5.97 Å². The van der Waals surface area contributed by atoms with Gasteiger partial charge in [-0.25, -0.2) is 4.79 Å². The van der Waals surface area contributed by atoms with Crippen LogP contribution in [0.5, 0.6) is 0 Å². The fourth-order valence-corrected chi connectivity index (χ4v) is 2.47. The molecule has 13 heavy (non-hydrogen) atoms. The lowest BCUT2D eigenvalue weighted by molar-refractivity contribution is -0.144. The predicted molar refractivity (Wildman–Crippen MR) is 44.7 cm³/mol. The van der Waals surface area contributed by atoms with Crippen LogP contribution in [0.25, 0.3) is 0 Å². The van der Waals surface area contributed by atoms with Crippen LogP contribution < -0.4 is 5.32 Å². The molecule has 1 saturated heterocycles. The third kappa shape index (κ3) is 0.913. The van der Waals surface area contributed by atoms with E-state index in [0.717, 1.165) is 0 Å². The van der Waals surface area contributed by atoms with Gasteiger partial charge in [0, 0.05) is 11.8 Å². The van der Waals surface area contributed by atoms with Crippen LogP contribution in [0.1, 0.15) is 13.8 Å². The Morgan fingerprint density at radius 2 is 2.15 bits per heavy atom. The molecule has 1 N–H and O–H groups in total. The fourth-order valence-electron chi connectivity index (χ4n) is 2.47. The van der Waals surface area contributed by atoms with Crippen LogP contribution in [0.15, 0.2) is 0 Å². The van der Waals surface area contributed by atoms with Gasteiger partial charge in [-0.15, -0.1) is 0 Å². The summed E-state index contributed by atoms with van der Waals surface area (Å²) in [5, 5.41) is 2.65. The number of rotatable bonds is 1. The number of esters is 1. The maximum atomic E-state index is 11.3. The number of fused-ring (bicyclic) bond motifs is 1. The van der Waals surface area contributed by atoms with Crippen LogP contribution in [0.4, 0.5) is 0 Å². The first kappa shape index (κ1) is 8.53. The summed E-state index contributed by atoms with van der Waals surface area (Å²) in [6, 6.07) is -0.419. The Kier molecular flexibility index (Phi) is 1.47. The van der Waals surface area contributed by atoms with Crippen molar-refractivity contribution in [1.82, 2.24) is 5.32 Å². The van der Waals surface area contributed by atoms with E-state index in [1.807, 2.05) is 13.8 Å². The molecule has 2 rings (SSSR count). The molecule has 2 fully saturated rings. The Morgan fingerprint density at radius 3 is 2.54 bits per heavy atom. The Bertz CT molecular complexity index is 285. The normalized spacial score (nSPS) is 39.3. The molecule has 2 aliphatic rings. The van der Waals surface area contributed by atoms with Gasteiger partial charge in [-0.1, -0.05) is 13.8 Å². The Labute approximate surface area is 76.6 Å². The van der Waals surface area contributed by atoms with Crippen molar-refractivity contribution in [3.63, 3.8) is 0 Å². The molecular formula is C9H13NO3. The zero-order valence-electron chi connectivity index (χ0n) is 7.96. The SMILES string of the molecule is COC(=O)[C@H]1NC(=O)C2C1C2(C)C. The molecule has 4 nitrogen and oxygen atoms in total. The lowest BCUT2D eigenvalue weighted by Crippen LogP contribution is -2.40. The Balaban J connectivity index is 2.18. The summed E-state index contributed by atoms with van der Waals surface area (Å²) >= 11 is 0. The van der Waals surface area contributed by atoms with E-state index in [2.05, 4.69) is 10.1 Å². The third-order valence-corrected chi connectivity index (χ3v) is 3.31. The molecular weight excluding hydrogens is 170 g/mol. The van der Waals surface area contributed by atoms with E-state index in [-0.39, 0.29) is 29.1 Å². The summed E-state index contributed by atoms with van der Waals surface area (Å²) in [6.07, 6.45) is 0. The first-order chi connectivity index (χ1) is 6.00. The van der Waals surface area contributed by atoms with E-state index in [4.69, 9.17) is 0 Å². The maximum Gasteiger partial charge on any atom is 0.328 e. The minimum atomic E-state index is -0.419. The first-order valence-electron chi connectivity index (χ1n) is 4.38. The zero-order chi connectivity index (χ0) is 9.80. The number of hydrogen-bond donors (Lipinski definition) is 1. The van der Waals surface area contributed by atoms with Crippen LogP contribution in [0.3, 0.4) is 0 Å². The first-order valence-corrected chi connectivity index (χ1v) is 4.38. The van der Waals surface area contributed by atoms with E-state index in [1.54, 1.807) is 0 Å². The second-order valence-electron chi connectivity index (χ2n) is 4.33. The molecule has 1 saturated carbocycles. The smallest absolute Gasteiger partial charge is 0.328 e. The molecule has 0 bridgehead atoms. The Morgan fingerprint density at radius 1 is 1.54 bits per heavy atom. The van der Waals surface area contributed by atoms with Gasteiger partial charge in [-0.2, -0.15) is 0 Å². The number of methoxy groups -OCH3 is 1. The van der Waals surface area contributed by atoms with Crippen LogP contribution in [-0.2, 0) is 14.3 Å².